The number of carbonyl (C=O) groups excluding carboxylic acids is 1. The standard InChI is InChI=1S/C18H16BrNO4/c1-22-16-5-3-2-4-12(16)11-20-15-7-6-13(19)10-14(15)18(17(20)21)23-8-9-24-18/h2-7,10H,8-9,11H2,1H3. The first-order valence-corrected chi connectivity index (χ1v) is 8.47. The lowest BCUT2D eigenvalue weighted by molar-refractivity contribution is -0.180. The Labute approximate surface area is 148 Å². The van der Waals surface area contributed by atoms with Crippen LogP contribution >= 0.6 is 15.9 Å². The largest absolute Gasteiger partial charge is 0.496 e. The third-order valence-corrected chi connectivity index (χ3v) is 4.84. The van der Waals surface area contributed by atoms with Gasteiger partial charge in [0.05, 0.1) is 32.6 Å². The van der Waals surface area contributed by atoms with Crippen LogP contribution in [-0.4, -0.2) is 26.2 Å². The van der Waals surface area contributed by atoms with Crippen molar-refractivity contribution in [3.63, 3.8) is 0 Å². The summed E-state index contributed by atoms with van der Waals surface area (Å²) in [6.45, 7) is 1.20. The second-order valence-electron chi connectivity index (χ2n) is 5.68. The maximum atomic E-state index is 13.1. The van der Waals surface area contributed by atoms with E-state index in [0.717, 1.165) is 27.0 Å². The van der Waals surface area contributed by atoms with Gasteiger partial charge in [0, 0.05) is 15.6 Å². The van der Waals surface area contributed by atoms with Gasteiger partial charge in [-0.2, -0.15) is 0 Å². The third kappa shape index (κ3) is 2.25. The number of para-hydroxylation sites is 1. The van der Waals surface area contributed by atoms with Gasteiger partial charge < -0.3 is 19.1 Å². The van der Waals surface area contributed by atoms with Crippen molar-refractivity contribution in [2.45, 2.75) is 12.3 Å². The molecule has 2 heterocycles. The quantitative estimate of drug-likeness (QED) is 0.808. The molecule has 5 nitrogen and oxygen atoms in total. The summed E-state index contributed by atoms with van der Waals surface area (Å²) in [6, 6.07) is 13.4. The molecule has 0 atom stereocenters. The molecular formula is C18H16BrNO4. The van der Waals surface area contributed by atoms with Crippen LogP contribution in [-0.2, 0) is 26.6 Å². The molecule has 0 saturated carbocycles. The fourth-order valence-corrected chi connectivity index (χ4v) is 3.62. The molecule has 0 aromatic heterocycles. The van der Waals surface area contributed by atoms with Crippen molar-refractivity contribution in [1.82, 2.24) is 0 Å². The molecule has 0 N–H and O–H groups in total. The number of methoxy groups -OCH3 is 1. The first-order chi connectivity index (χ1) is 11.7. The smallest absolute Gasteiger partial charge is 0.292 e. The van der Waals surface area contributed by atoms with E-state index in [1.807, 2.05) is 42.5 Å². The van der Waals surface area contributed by atoms with Gasteiger partial charge in [0.25, 0.3) is 11.7 Å². The van der Waals surface area contributed by atoms with E-state index in [9.17, 15) is 4.79 Å². The highest BCUT2D eigenvalue weighted by Gasteiger charge is 2.56. The lowest BCUT2D eigenvalue weighted by Crippen LogP contribution is -2.40. The maximum Gasteiger partial charge on any atom is 0.292 e. The predicted molar refractivity (Wildman–Crippen MR) is 91.9 cm³/mol. The molecule has 0 bridgehead atoms. The summed E-state index contributed by atoms with van der Waals surface area (Å²) >= 11 is 3.46. The summed E-state index contributed by atoms with van der Waals surface area (Å²) in [7, 11) is 1.63. The molecule has 2 aromatic carbocycles. The van der Waals surface area contributed by atoms with Crippen molar-refractivity contribution in [3.05, 3.63) is 58.1 Å². The molecule has 0 aliphatic carbocycles. The van der Waals surface area contributed by atoms with E-state index in [1.54, 1.807) is 12.0 Å². The SMILES string of the molecule is COc1ccccc1CN1C(=O)C2(OCCO2)c2cc(Br)ccc21. The van der Waals surface area contributed by atoms with E-state index in [1.165, 1.54) is 0 Å². The topological polar surface area (TPSA) is 48.0 Å². The van der Waals surface area contributed by atoms with Crippen molar-refractivity contribution in [1.29, 1.82) is 0 Å². The van der Waals surface area contributed by atoms with Crippen LogP contribution < -0.4 is 9.64 Å². The van der Waals surface area contributed by atoms with Crippen LogP contribution in [0, 0.1) is 0 Å². The number of halogens is 1. The molecule has 1 amide bonds. The number of benzene rings is 2. The van der Waals surface area contributed by atoms with E-state index >= 15 is 0 Å². The first kappa shape index (κ1) is 15.6. The van der Waals surface area contributed by atoms with Gasteiger partial charge in [-0.1, -0.05) is 34.1 Å². The Morgan fingerprint density at radius 3 is 2.71 bits per heavy atom. The number of nitrogens with zero attached hydrogens (tertiary/aromatic N) is 1. The second-order valence-corrected chi connectivity index (χ2v) is 6.59. The average molecular weight is 390 g/mol. The number of carbonyl (C=O) groups is 1. The highest BCUT2D eigenvalue weighted by atomic mass is 79.9. The minimum absolute atomic E-state index is 0.195. The number of amides is 1. The number of fused-ring (bicyclic) bond motifs is 2. The fourth-order valence-electron chi connectivity index (χ4n) is 3.26. The molecule has 0 unspecified atom stereocenters. The van der Waals surface area contributed by atoms with Gasteiger partial charge in [0.15, 0.2) is 0 Å². The fraction of sp³-hybridized carbons (Fsp3) is 0.278. The molecule has 24 heavy (non-hydrogen) atoms. The highest BCUT2D eigenvalue weighted by Crippen LogP contribution is 2.47. The molecule has 2 aliphatic heterocycles. The van der Waals surface area contributed by atoms with Crippen LogP contribution in [0.25, 0.3) is 0 Å². The summed E-state index contributed by atoms with van der Waals surface area (Å²) in [5.41, 5.74) is 2.47. The van der Waals surface area contributed by atoms with Gasteiger partial charge in [0.2, 0.25) is 0 Å². The minimum atomic E-state index is -1.32. The zero-order chi connectivity index (χ0) is 16.7. The Hall–Kier alpha value is -1.89. The number of hydrogen-bond acceptors (Lipinski definition) is 4. The van der Waals surface area contributed by atoms with E-state index < -0.39 is 5.79 Å². The normalized spacial score (nSPS) is 18.2. The van der Waals surface area contributed by atoms with Gasteiger partial charge in [-0.3, -0.25) is 4.79 Å². The van der Waals surface area contributed by atoms with Crippen molar-refractivity contribution in [3.8, 4) is 5.75 Å². The number of hydrogen-bond donors (Lipinski definition) is 0. The van der Waals surface area contributed by atoms with Crippen LogP contribution in [0.5, 0.6) is 5.75 Å². The number of rotatable bonds is 3. The van der Waals surface area contributed by atoms with Crippen LogP contribution in [0.1, 0.15) is 11.1 Å². The maximum absolute atomic E-state index is 13.1. The molecule has 4 rings (SSSR count). The number of ether oxygens (including phenoxy) is 3. The monoisotopic (exact) mass is 389 g/mol. The van der Waals surface area contributed by atoms with Gasteiger partial charge in [-0.25, -0.2) is 0 Å². The highest BCUT2D eigenvalue weighted by molar-refractivity contribution is 9.10. The van der Waals surface area contributed by atoms with Crippen molar-refractivity contribution < 1.29 is 19.0 Å². The lowest BCUT2D eigenvalue weighted by atomic mass is 10.1. The van der Waals surface area contributed by atoms with Gasteiger partial charge in [-0.05, 0) is 24.3 Å². The van der Waals surface area contributed by atoms with Gasteiger partial charge >= 0.3 is 0 Å². The molecule has 1 fully saturated rings. The van der Waals surface area contributed by atoms with Crippen molar-refractivity contribution in [2.75, 3.05) is 25.2 Å². The number of anilines is 1. The summed E-state index contributed by atoms with van der Waals surface area (Å²) in [5, 5.41) is 0. The van der Waals surface area contributed by atoms with E-state index in [2.05, 4.69) is 15.9 Å². The van der Waals surface area contributed by atoms with E-state index in [-0.39, 0.29) is 5.91 Å². The van der Waals surface area contributed by atoms with Crippen LogP contribution in [0.2, 0.25) is 0 Å². The summed E-state index contributed by atoms with van der Waals surface area (Å²) in [6.07, 6.45) is 0. The molecule has 2 aliphatic rings. The minimum Gasteiger partial charge on any atom is -0.496 e. The molecular weight excluding hydrogens is 374 g/mol. The molecule has 0 radical (unpaired) electrons. The predicted octanol–water partition coefficient (Wildman–Crippen LogP) is 3.20. The average Bonchev–Trinajstić information content (AvgIpc) is 3.17. The van der Waals surface area contributed by atoms with E-state index in [4.69, 9.17) is 14.2 Å². The summed E-state index contributed by atoms with van der Waals surface area (Å²) in [5.74, 6) is -0.765. The van der Waals surface area contributed by atoms with Crippen molar-refractivity contribution in [2.24, 2.45) is 0 Å². The zero-order valence-electron chi connectivity index (χ0n) is 13.1. The molecule has 6 heteroatoms. The Morgan fingerprint density at radius 2 is 1.96 bits per heavy atom. The Bertz CT molecular complexity index is 801. The van der Waals surface area contributed by atoms with Gasteiger partial charge in [-0.15, -0.1) is 0 Å². The van der Waals surface area contributed by atoms with E-state index in [0.29, 0.717) is 19.8 Å². The lowest BCUT2D eigenvalue weighted by Gasteiger charge is -2.22. The van der Waals surface area contributed by atoms with Crippen LogP contribution in [0.15, 0.2) is 46.9 Å². The second kappa shape index (κ2) is 5.88. The summed E-state index contributed by atoms with van der Waals surface area (Å²) in [4.78, 5) is 14.8. The third-order valence-electron chi connectivity index (χ3n) is 4.35. The Balaban J connectivity index is 1.78. The first-order valence-electron chi connectivity index (χ1n) is 7.67. The van der Waals surface area contributed by atoms with Crippen LogP contribution in [0.3, 0.4) is 0 Å². The van der Waals surface area contributed by atoms with Crippen LogP contribution in [0.4, 0.5) is 5.69 Å². The molecule has 1 spiro atoms. The Kier molecular flexibility index (Phi) is 3.83. The summed E-state index contributed by atoms with van der Waals surface area (Å²) < 4.78 is 17.8. The molecule has 124 valence electrons. The molecule has 1 saturated heterocycles. The Morgan fingerprint density at radius 1 is 1.21 bits per heavy atom. The van der Waals surface area contributed by atoms with Crippen molar-refractivity contribution >= 4 is 27.5 Å². The zero-order valence-corrected chi connectivity index (χ0v) is 14.7. The van der Waals surface area contributed by atoms with Gasteiger partial charge in [0.1, 0.15) is 5.75 Å². The molecule has 2 aromatic rings.